The molecule has 1 saturated heterocycles. The number of rotatable bonds is 3. The number of aliphatic hydroxyl groups excluding tert-OH is 1. The Morgan fingerprint density at radius 3 is 2.92 bits per heavy atom. The van der Waals surface area contributed by atoms with E-state index in [1.54, 1.807) is 7.05 Å². The highest BCUT2D eigenvalue weighted by molar-refractivity contribution is 6.04. The van der Waals surface area contributed by atoms with E-state index in [1.165, 1.54) is 4.90 Å². The molecule has 1 heterocycles. The van der Waals surface area contributed by atoms with Gasteiger partial charge in [0.15, 0.2) is 5.96 Å². The smallest absolute Gasteiger partial charge is 0.276 e. The van der Waals surface area contributed by atoms with Crippen LogP contribution in [-0.4, -0.2) is 48.4 Å². The molecule has 1 aliphatic heterocycles. The fourth-order valence-corrected chi connectivity index (χ4v) is 0.912. The number of nitrogens with one attached hydrogen (secondary N) is 2. The number of nitrogens with zero attached hydrogens (tertiary/aromatic N) is 1. The Morgan fingerprint density at radius 1 is 1.83 bits per heavy atom. The quantitative estimate of drug-likeness (QED) is 0.475. The third-order valence-corrected chi connectivity index (χ3v) is 1.54. The van der Waals surface area contributed by atoms with Gasteiger partial charge < -0.3 is 14.7 Å². The monoisotopic (exact) mass is 173 g/mol. The van der Waals surface area contributed by atoms with Crippen LogP contribution in [0.5, 0.6) is 0 Å². The minimum absolute atomic E-state index is 0.0166. The number of hydrogen-bond donors (Lipinski definition) is 3. The van der Waals surface area contributed by atoms with Gasteiger partial charge in [0.1, 0.15) is 0 Å². The minimum Gasteiger partial charge on any atom is -0.394 e. The molecule has 1 amide bonds. The molecule has 68 valence electrons. The Hall–Kier alpha value is -1.14. The molecule has 3 N–H and O–H groups in total. The van der Waals surface area contributed by atoms with Gasteiger partial charge in [-0.1, -0.05) is 0 Å². The van der Waals surface area contributed by atoms with E-state index in [-0.39, 0.29) is 25.1 Å². The summed E-state index contributed by atoms with van der Waals surface area (Å²) in [6, 6.07) is 0. The SMILES string of the molecule is CN1C(=N)NC(=O)C1OCCO. The maximum atomic E-state index is 11.0. The molecule has 0 bridgehead atoms. The average Bonchev–Trinajstić information content (AvgIpc) is 2.25. The van der Waals surface area contributed by atoms with Gasteiger partial charge in [0.2, 0.25) is 6.23 Å². The largest absolute Gasteiger partial charge is 0.394 e. The van der Waals surface area contributed by atoms with Crippen molar-refractivity contribution in [2.24, 2.45) is 0 Å². The van der Waals surface area contributed by atoms with Gasteiger partial charge in [0.25, 0.3) is 5.91 Å². The van der Waals surface area contributed by atoms with E-state index in [0.29, 0.717) is 0 Å². The van der Waals surface area contributed by atoms with E-state index in [1.807, 2.05) is 0 Å². The van der Waals surface area contributed by atoms with Gasteiger partial charge in [-0.2, -0.15) is 0 Å². The molecule has 0 aromatic rings. The van der Waals surface area contributed by atoms with Crippen molar-refractivity contribution in [1.82, 2.24) is 10.2 Å². The van der Waals surface area contributed by atoms with Crippen LogP contribution in [0.15, 0.2) is 0 Å². The topological polar surface area (TPSA) is 85.7 Å². The molecule has 0 aromatic heterocycles. The van der Waals surface area contributed by atoms with Crippen LogP contribution in [0, 0.1) is 5.41 Å². The summed E-state index contributed by atoms with van der Waals surface area (Å²) < 4.78 is 4.97. The number of guanidine groups is 1. The lowest BCUT2D eigenvalue weighted by Crippen LogP contribution is -2.34. The van der Waals surface area contributed by atoms with Crippen LogP contribution >= 0.6 is 0 Å². The van der Waals surface area contributed by atoms with Crippen LogP contribution in [0.3, 0.4) is 0 Å². The Morgan fingerprint density at radius 2 is 2.50 bits per heavy atom. The van der Waals surface area contributed by atoms with E-state index in [9.17, 15) is 4.79 Å². The molecule has 0 aliphatic carbocycles. The van der Waals surface area contributed by atoms with Crippen LogP contribution in [0.1, 0.15) is 0 Å². The van der Waals surface area contributed by atoms with E-state index in [2.05, 4.69) is 5.32 Å². The first-order valence-corrected chi connectivity index (χ1v) is 3.51. The number of carbonyl (C=O) groups excluding carboxylic acids is 1. The van der Waals surface area contributed by atoms with Crippen LogP contribution in [0.4, 0.5) is 0 Å². The molecule has 0 spiro atoms. The van der Waals surface area contributed by atoms with Gasteiger partial charge >= 0.3 is 0 Å². The number of ether oxygens (including phenoxy) is 1. The van der Waals surface area contributed by atoms with Crippen molar-refractivity contribution in [2.75, 3.05) is 20.3 Å². The van der Waals surface area contributed by atoms with Crippen molar-refractivity contribution in [3.8, 4) is 0 Å². The predicted molar refractivity (Wildman–Crippen MR) is 40.5 cm³/mol. The zero-order valence-corrected chi connectivity index (χ0v) is 6.70. The number of likely N-dealkylation sites (N-methyl/N-ethyl adjacent to an activating group) is 1. The summed E-state index contributed by atoms with van der Waals surface area (Å²) in [4.78, 5) is 12.4. The zero-order valence-electron chi connectivity index (χ0n) is 6.70. The van der Waals surface area contributed by atoms with Crippen molar-refractivity contribution in [3.05, 3.63) is 0 Å². The standard InChI is InChI=1S/C6H11N3O3/c1-9-5(12-3-2-10)4(11)8-6(9)7/h5,10H,2-3H2,1H3,(H2,7,8,11). The first kappa shape index (κ1) is 8.95. The number of aliphatic hydroxyl groups is 1. The van der Waals surface area contributed by atoms with E-state index in [0.717, 1.165) is 0 Å². The molecule has 0 saturated carbocycles. The van der Waals surface area contributed by atoms with Crippen LogP contribution < -0.4 is 5.32 Å². The molecule has 1 atom stereocenters. The third kappa shape index (κ3) is 1.54. The Bertz CT molecular complexity index is 206. The predicted octanol–water partition coefficient (Wildman–Crippen LogP) is -1.68. The van der Waals surface area contributed by atoms with Gasteiger partial charge in [0.05, 0.1) is 13.2 Å². The normalized spacial score (nSPS) is 23.2. The number of hydrogen-bond acceptors (Lipinski definition) is 4. The summed E-state index contributed by atoms with van der Waals surface area (Å²) in [5.41, 5.74) is 0. The van der Waals surface area contributed by atoms with Gasteiger partial charge in [-0.05, 0) is 0 Å². The van der Waals surface area contributed by atoms with Gasteiger partial charge in [-0.25, -0.2) is 0 Å². The van der Waals surface area contributed by atoms with Gasteiger partial charge in [-0.15, -0.1) is 0 Å². The minimum atomic E-state index is -0.773. The van der Waals surface area contributed by atoms with E-state index in [4.69, 9.17) is 15.3 Å². The first-order valence-electron chi connectivity index (χ1n) is 3.51. The molecule has 12 heavy (non-hydrogen) atoms. The molecule has 1 aliphatic rings. The Kier molecular flexibility index (Phi) is 2.61. The summed E-state index contributed by atoms with van der Waals surface area (Å²) in [5, 5.41) is 17.9. The van der Waals surface area contributed by atoms with Crippen molar-refractivity contribution >= 4 is 11.9 Å². The van der Waals surface area contributed by atoms with Crippen LogP contribution in [0.2, 0.25) is 0 Å². The second kappa shape index (κ2) is 3.51. The Labute approximate surface area is 69.6 Å². The van der Waals surface area contributed by atoms with Crippen molar-refractivity contribution in [3.63, 3.8) is 0 Å². The number of amides is 1. The molecule has 1 unspecified atom stereocenters. The summed E-state index contributed by atoms with van der Waals surface area (Å²) in [6.45, 7) is -0.0410. The molecule has 1 fully saturated rings. The highest BCUT2D eigenvalue weighted by Gasteiger charge is 2.33. The molecule has 0 radical (unpaired) electrons. The Balaban J connectivity index is 2.51. The van der Waals surface area contributed by atoms with Crippen LogP contribution in [0.25, 0.3) is 0 Å². The number of carbonyl (C=O) groups is 1. The molecular formula is C6H11N3O3. The highest BCUT2D eigenvalue weighted by Crippen LogP contribution is 2.05. The van der Waals surface area contributed by atoms with Gasteiger partial charge in [-0.3, -0.25) is 15.5 Å². The maximum Gasteiger partial charge on any atom is 0.276 e. The molecule has 0 aromatic carbocycles. The zero-order chi connectivity index (χ0) is 9.14. The fourth-order valence-electron chi connectivity index (χ4n) is 0.912. The van der Waals surface area contributed by atoms with Crippen molar-refractivity contribution < 1.29 is 14.6 Å². The lowest BCUT2D eigenvalue weighted by Gasteiger charge is -2.16. The second-order valence-corrected chi connectivity index (χ2v) is 2.40. The maximum absolute atomic E-state index is 11.0. The van der Waals surface area contributed by atoms with E-state index >= 15 is 0 Å². The average molecular weight is 173 g/mol. The molecular weight excluding hydrogens is 162 g/mol. The van der Waals surface area contributed by atoms with E-state index < -0.39 is 6.23 Å². The summed E-state index contributed by atoms with van der Waals surface area (Å²) in [6.07, 6.45) is -0.773. The first-order chi connectivity index (χ1) is 5.66. The molecule has 6 heteroatoms. The second-order valence-electron chi connectivity index (χ2n) is 2.40. The fraction of sp³-hybridized carbons (Fsp3) is 0.667. The summed E-state index contributed by atoms with van der Waals surface area (Å²) in [5.74, 6) is -0.348. The highest BCUT2D eigenvalue weighted by atomic mass is 16.5. The molecule has 6 nitrogen and oxygen atoms in total. The summed E-state index contributed by atoms with van der Waals surface area (Å²) in [7, 11) is 1.57. The molecule has 1 rings (SSSR count). The third-order valence-electron chi connectivity index (χ3n) is 1.54. The lowest BCUT2D eigenvalue weighted by molar-refractivity contribution is -0.135. The summed E-state index contributed by atoms with van der Waals surface area (Å²) >= 11 is 0. The van der Waals surface area contributed by atoms with Gasteiger partial charge in [0, 0.05) is 7.05 Å². The van der Waals surface area contributed by atoms with Crippen molar-refractivity contribution in [1.29, 1.82) is 5.41 Å². The lowest BCUT2D eigenvalue weighted by atomic mass is 10.5. The van der Waals surface area contributed by atoms with Crippen molar-refractivity contribution in [2.45, 2.75) is 6.23 Å². The van der Waals surface area contributed by atoms with Crippen LogP contribution in [-0.2, 0) is 9.53 Å².